The minimum absolute atomic E-state index is 0.0138. The van der Waals surface area contributed by atoms with Crippen LogP contribution in [0.1, 0.15) is 19.5 Å². The zero-order valence-corrected chi connectivity index (χ0v) is 17.1. The van der Waals surface area contributed by atoms with E-state index in [4.69, 9.17) is 0 Å². The summed E-state index contributed by atoms with van der Waals surface area (Å²) in [5.41, 5.74) is -1.06. The first-order valence-corrected chi connectivity index (χ1v) is 10.0. The molecule has 2 N–H and O–H groups in total. The van der Waals surface area contributed by atoms with Gasteiger partial charge in [-0.25, -0.2) is 9.78 Å². The van der Waals surface area contributed by atoms with Crippen molar-refractivity contribution in [2.45, 2.75) is 32.1 Å². The molecule has 1 aromatic heterocycles. The molecule has 3 amide bonds. The van der Waals surface area contributed by atoms with Crippen LogP contribution in [0.4, 0.5) is 23.8 Å². The van der Waals surface area contributed by atoms with Crippen LogP contribution in [0.15, 0.2) is 18.2 Å². The average Bonchev–Trinajstić information content (AvgIpc) is 2.73. The second-order valence-electron chi connectivity index (χ2n) is 7.74. The highest BCUT2D eigenvalue weighted by Gasteiger charge is 2.34. The summed E-state index contributed by atoms with van der Waals surface area (Å²) >= 11 is 0. The van der Waals surface area contributed by atoms with E-state index in [1.54, 1.807) is 4.90 Å². The molecule has 166 valence electrons. The van der Waals surface area contributed by atoms with E-state index in [-0.39, 0.29) is 17.8 Å². The number of carbonyl (C=O) groups excluding carboxylic acids is 2. The monoisotopic (exact) mass is 428 g/mol. The fourth-order valence-electron chi connectivity index (χ4n) is 3.61. The summed E-state index contributed by atoms with van der Waals surface area (Å²) in [5.74, 6) is -0.145. The Bertz CT molecular complexity index is 765. The minimum Gasteiger partial charge on any atom is -0.338 e. The van der Waals surface area contributed by atoms with Crippen LogP contribution >= 0.6 is 0 Å². The van der Waals surface area contributed by atoms with Gasteiger partial charge in [-0.1, -0.05) is 6.07 Å². The lowest BCUT2D eigenvalue weighted by atomic mass is 10.1. The third-order valence-corrected chi connectivity index (χ3v) is 5.39. The Hall–Kier alpha value is -2.40. The first-order valence-electron chi connectivity index (χ1n) is 10.0. The second kappa shape index (κ2) is 9.17. The minimum atomic E-state index is -4.58. The van der Waals surface area contributed by atoms with E-state index in [2.05, 4.69) is 34.4 Å². The molecular weight excluding hydrogens is 401 g/mol. The number of anilines is 1. The van der Waals surface area contributed by atoms with Gasteiger partial charge in [0.25, 0.3) is 0 Å². The highest BCUT2D eigenvalue weighted by molar-refractivity contribution is 5.88. The summed E-state index contributed by atoms with van der Waals surface area (Å²) in [6.45, 7) is 7.86. The predicted molar refractivity (Wildman–Crippen MR) is 105 cm³/mol. The predicted octanol–water partition coefficient (Wildman–Crippen LogP) is 1.46. The van der Waals surface area contributed by atoms with E-state index < -0.39 is 17.9 Å². The molecule has 0 bridgehead atoms. The van der Waals surface area contributed by atoms with Crippen LogP contribution < -0.4 is 10.6 Å². The molecule has 0 unspecified atom stereocenters. The first kappa shape index (κ1) is 22.3. The lowest BCUT2D eigenvalue weighted by Crippen LogP contribution is -2.61. The molecule has 11 heteroatoms. The van der Waals surface area contributed by atoms with Crippen molar-refractivity contribution in [2.24, 2.45) is 0 Å². The summed E-state index contributed by atoms with van der Waals surface area (Å²) < 4.78 is 38.3. The van der Waals surface area contributed by atoms with Gasteiger partial charge in [-0.3, -0.25) is 15.0 Å². The molecule has 3 rings (SSSR count). The summed E-state index contributed by atoms with van der Waals surface area (Å²) in [4.78, 5) is 34.1. The summed E-state index contributed by atoms with van der Waals surface area (Å²) in [5, 5.41) is 5.66. The Labute approximate surface area is 173 Å². The van der Waals surface area contributed by atoms with Crippen molar-refractivity contribution in [2.75, 3.05) is 51.1 Å². The number of aromatic nitrogens is 1. The molecule has 0 saturated carbocycles. The third kappa shape index (κ3) is 5.39. The van der Waals surface area contributed by atoms with E-state index in [9.17, 15) is 22.8 Å². The van der Waals surface area contributed by atoms with Gasteiger partial charge in [0, 0.05) is 51.9 Å². The smallest absolute Gasteiger partial charge is 0.338 e. The Morgan fingerprint density at radius 3 is 2.43 bits per heavy atom. The molecule has 1 aromatic rings. The molecule has 0 aromatic carbocycles. The van der Waals surface area contributed by atoms with Crippen molar-refractivity contribution in [1.82, 2.24) is 25.0 Å². The summed E-state index contributed by atoms with van der Waals surface area (Å²) in [6, 6.07) is 2.92. The van der Waals surface area contributed by atoms with Crippen molar-refractivity contribution in [3.05, 3.63) is 23.9 Å². The van der Waals surface area contributed by atoms with Crippen molar-refractivity contribution in [3.63, 3.8) is 0 Å². The molecule has 2 aliphatic heterocycles. The van der Waals surface area contributed by atoms with Crippen molar-refractivity contribution in [1.29, 1.82) is 0 Å². The van der Waals surface area contributed by atoms with E-state index in [0.29, 0.717) is 38.8 Å². The summed E-state index contributed by atoms with van der Waals surface area (Å²) in [7, 11) is 0. The fraction of sp³-hybridized carbons (Fsp3) is 0.632. The van der Waals surface area contributed by atoms with Gasteiger partial charge < -0.3 is 15.1 Å². The van der Waals surface area contributed by atoms with Crippen LogP contribution in [0, 0.1) is 0 Å². The highest BCUT2D eigenvalue weighted by atomic mass is 19.4. The number of amides is 3. The summed E-state index contributed by atoms with van der Waals surface area (Å²) in [6.07, 6.45) is -4.58. The lowest BCUT2D eigenvalue weighted by molar-refractivity contribution is -0.141. The van der Waals surface area contributed by atoms with Crippen LogP contribution in [-0.2, 0) is 11.0 Å². The quantitative estimate of drug-likeness (QED) is 0.762. The Kier molecular flexibility index (Phi) is 6.81. The number of pyridine rings is 1. The Morgan fingerprint density at radius 1 is 1.13 bits per heavy atom. The SMILES string of the molecule is CC(C)N1CCN[C@@H](C(=O)N2CCN(C(=O)Nc3cccc(C(F)(F)F)n3)CC2)C1. The molecule has 0 spiro atoms. The van der Waals surface area contributed by atoms with Gasteiger partial charge >= 0.3 is 12.2 Å². The molecule has 2 fully saturated rings. The standard InChI is InChI=1S/C19H27F3N6O2/c1-13(2)28-7-6-23-14(12-28)17(29)26-8-10-27(11-9-26)18(30)25-16-5-3-4-15(24-16)19(20,21)22/h3-5,13-14,23H,6-12H2,1-2H3,(H,24,25,30)/t14-/m1/s1. The van der Waals surface area contributed by atoms with Gasteiger partial charge in [0.05, 0.1) is 6.04 Å². The average molecular weight is 428 g/mol. The van der Waals surface area contributed by atoms with Crippen LogP contribution in [0.25, 0.3) is 0 Å². The van der Waals surface area contributed by atoms with Gasteiger partial charge in [0.15, 0.2) is 0 Å². The molecule has 8 nitrogen and oxygen atoms in total. The maximum absolute atomic E-state index is 12.8. The number of carbonyl (C=O) groups is 2. The van der Waals surface area contributed by atoms with Gasteiger partial charge in [-0.2, -0.15) is 13.2 Å². The van der Waals surface area contributed by atoms with E-state index in [0.717, 1.165) is 19.2 Å². The molecule has 0 radical (unpaired) electrons. The zero-order valence-electron chi connectivity index (χ0n) is 17.1. The number of urea groups is 1. The Balaban J connectivity index is 1.51. The van der Waals surface area contributed by atoms with Crippen LogP contribution in [0.2, 0.25) is 0 Å². The molecular formula is C19H27F3N6O2. The number of nitrogens with one attached hydrogen (secondary N) is 2. The van der Waals surface area contributed by atoms with Crippen LogP contribution in [0.3, 0.4) is 0 Å². The number of hydrogen-bond acceptors (Lipinski definition) is 5. The van der Waals surface area contributed by atoms with Crippen molar-refractivity contribution in [3.8, 4) is 0 Å². The van der Waals surface area contributed by atoms with Crippen LogP contribution in [0.5, 0.6) is 0 Å². The topological polar surface area (TPSA) is 80.8 Å². The maximum Gasteiger partial charge on any atom is 0.433 e. The molecule has 2 saturated heterocycles. The van der Waals surface area contributed by atoms with Gasteiger partial charge in [-0.05, 0) is 26.0 Å². The van der Waals surface area contributed by atoms with E-state index >= 15 is 0 Å². The zero-order chi connectivity index (χ0) is 21.9. The van der Waals surface area contributed by atoms with Crippen LogP contribution in [-0.4, -0.2) is 89.5 Å². The third-order valence-electron chi connectivity index (χ3n) is 5.39. The van der Waals surface area contributed by atoms with E-state index in [1.807, 2.05) is 0 Å². The second-order valence-corrected chi connectivity index (χ2v) is 7.74. The number of nitrogens with zero attached hydrogens (tertiary/aromatic N) is 4. The number of alkyl halides is 3. The first-order chi connectivity index (χ1) is 14.1. The van der Waals surface area contributed by atoms with Crippen molar-refractivity contribution >= 4 is 17.8 Å². The highest BCUT2D eigenvalue weighted by Crippen LogP contribution is 2.28. The molecule has 0 aliphatic carbocycles. The van der Waals surface area contributed by atoms with Gasteiger partial charge in [0.2, 0.25) is 5.91 Å². The number of piperazine rings is 2. The van der Waals surface area contributed by atoms with Gasteiger partial charge in [0.1, 0.15) is 11.5 Å². The largest absolute Gasteiger partial charge is 0.433 e. The molecule has 1 atom stereocenters. The normalized spacial score (nSPS) is 21.1. The van der Waals surface area contributed by atoms with E-state index in [1.165, 1.54) is 17.0 Å². The van der Waals surface area contributed by atoms with Gasteiger partial charge in [-0.15, -0.1) is 0 Å². The molecule has 3 heterocycles. The number of rotatable bonds is 3. The van der Waals surface area contributed by atoms with Crippen molar-refractivity contribution < 1.29 is 22.8 Å². The fourth-order valence-corrected chi connectivity index (χ4v) is 3.61. The molecule has 2 aliphatic rings. The number of hydrogen-bond donors (Lipinski definition) is 2. The molecule has 30 heavy (non-hydrogen) atoms. The maximum atomic E-state index is 12.8. The lowest BCUT2D eigenvalue weighted by Gasteiger charge is -2.40. The number of halogens is 3. The Morgan fingerprint density at radius 2 is 1.80 bits per heavy atom.